The van der Waals surface area contributed by atoms with E-state index in [-0.39, 0.29) is 0 Å². The van der Waals surface area contributed by atoms with Crippen LogP contribution in [0.3, 0.4) is 0 Å². The summed E-state index contributed by atoms with van der Waals surface area (Å²) >= 11 is 0. The molecule has 0 amide bonds. The maximum absolute atomic E-state index is 8.95. The first kappa shape index (κ1) is 13.5. The molecule has 0 spiro atoms. The number of anilines is 1. The van der Waals surface area contributed by atoms with E-state index in [0.29, 0.717) is 30.9 Å². The van der Waals surface area contributed by atoms with E-state index in [1.807, 2.05) is 17.0 Å². The van der Waals surface area contributed by atoms with Gasteiger partial charge in [0.25, 0.3) is 0 Å². The van der Waals surface area contributed by atoms with Crippen LogP contribution < -0.4 is 4.90 Å². The van der Waals surface area contributed by atoms with E-state index in [2.05, 4.69) is 22.1 Å². The molecule has 2 aromatic heterocycles. The van der Waals surface area contributed by atoms with Crippen LogP contribution in [0.4, 0.5) is 5.82 Å². The lowest BCUT2D eigenvalue weighted by Gasteiger charge is -2.22. The fourth-order valence-corrected chi connectivity index (χ4v) is 1.83. The van der Waals surface area contributed by atoms with Gasteiger partial charge >= 0.3 is 0 Å². The molecule has 0 aliphatic carbocycles. The van der Waals surface area contributed by atoms with Gasteiger partial charge in [-0.15, -0.1) is 0 Å². The Hall–Kier alpha value is -2.92. The highest BCUT2D eigenvalue weighted by Crippen LogP contribution is 2.15. The maximum atomic E-state index is 8.95. The topological polar surface area (TPSA) is 76.6 Å². The van der Waals surface area contributed by atoms with Gasteiger partial charge in [0.05, 0.1) is 24.1 Å². The van der Waals surface area contributed by atoms with Crippen molar-refractivity contribution in [3.8, 4) is 12.1 Å². The van der Waals surface area contributed by atoms with Crippen molar-refractivity contribution in [2.24, 2.45) is 0 Å². The minimum atomic E-state index is 0.402. The van der Waals surface area contributed by atoms with Gasteiger partial charge in [0.15, 0.2) is 0 Å². The molecular formula is C15H13N5. The highest BCUT2D eigenvalue weighted by atomic mass is 15.2. The predicted octanol–water partition coefficient (Wildman–Crippen LogP) is 2.27. The fraction of sp³-hybridized carbons (Fsp3) is 0.200. The third-order valence-electron chi connectivity index (χ3n) is 2.79. The number of nitrogens with zero attached hydrogens (tertiary/aromatic N) is 5. The Morgan fingerprint density at radius 3 is 2.80 bits per heavy atom. The summed E-state index contributed by atoms with van der Waals surface area (Å²) in [7, 11) is 0. The van der Waals surface area contributed by atoms with Gasteiger partial charge in [0.1, 0.15) is 5.82 Å². The molecule has 20 heavy (non-hydrogen) atoms. The molecule has 5 heteroatoms. The minimum Gasteiger partial charge on any atom is -0.351 e. The molecule has 2 aromatic rings. The monoisotopic (exact) mass is 263 g/mol. The van der Waals surface area contributed by atoms with Crippen molar-refractivity contribution in [3.05, 3.63) is 54.0 Å². The molecule has 0 unspecified atom stereocenters. The highest BCUT2D eigenvalue weighted by Gasteiger charge is 2.09. The Kier molecular flexibility index (Phi) is 4.64. The normalized spacial score (nSPS) is 9.50. The van der Waals surface area contributed by atoms with E-state index in [9.17, 15) is 0 Å². The van der Waals surface area contributed by atoms with E-state index < -0.39 is 0 Å². The highest BCUT2D eigenvalue weighted by molar-refractivity contribution is 5.45. The van der Waals surface area contributed by atoms with Crippen molar-refractivity contribution < 1.29 is 0 Å². The van der Waals surface area contributed by atoms with Crippen molar-refractivity contribution in [1.29, 1.82) is 10.5 Å². The molecule has 0 aliphatic heterocycles. The van der Waals surface area contributed by atoms with Gasteiger partial charge in [-0.3, -0.25) is 4.98 Å². The number of aromatic nitrogens is 2. The van der Waals surface area contributed by atoms with Crippen LogP contribution in [-0.4, -0.2) is 16.5 Å². The van der Waals surface area contributed by atoms with Crippen molar-refractivity contribution >= 4 is 5.82 Å². The van der Waals surface area contributed by atoms with Crippen LogP contribution in [0.5, 0.6) is 0 Å². The van der Waals surface area contributed by atoms with E-state index in [0.717, 1.165) is 5.56 Å². The summed E-state index contributed by atoms with van der Waals surface area (Å²) in [5.41, 5.74) is 1.60. The molecule has 2 rings (SSSR count). The second-order valence-corrected chi connectivity index (χ2v) is 4.21. The molecule has 98 valence electrons. The average Bonchev–Trinajstić information content (AvgIpc) is 2.52. The molecule has 5 nitrogen and oxygen atoms in total. The zero-order valence-corrected chi connectivity index (χ0v) is 10.9. The summed E-state index contributed by atoms with van der Waals surface area (Å²) in [4.78, 5) is 10.3. The van der Waals surface area contributed by atoms with Gasteiger partial charge < -0.3 is 4.90 Å². The van der Waals surface area contributed by atoms with Crippen LogP contribution in [0, 0.1) is 22.7 Å². The Morgan fingerprint density at radius 1 is 1.20 bits per heavy atom. The smallest absolute Gasteiger partial charge is 0.130 e. The van der Waals surface area contributed by atoms with E-state index >= 15 is 0 Å². The Labute approximate surface area is 117 Å². The maximum Gasteiger partial charge on any atom is 0.130 e. The van der Waals surface area contributed by atoms with Crippen LogP contribution in [0.25, 0.3) is 0 Å². The second kappa shape index (κ2) is 6.86. The fourth-order valence-electron chi connectivity index (χ4n) is 1.83. The first-order chi connectivity index (χ1) is 9.83. The predicted molar refractivity (Wildman–Crippen MR) is 74.5 cm³/mol. The van der Waals surface area contributed by atoms with Gasteiger partial charge in [0, 0.05) is 31.7 Å². The van der Waals surface area contributed by atoms with Crippen LogP contribution in [-0.2, 0) is 6.54 Å². The molecule has 0 aliphatic rings. The van der Waals surface area contributed by atoms with Crippen molar-refractivity contribution in [3.63, 3.8) is 0 Å². The number of hydrogen-bond acceptors (Lipinski definition) is 5. The summed E-state index contributed by atoms with van der Waals surface area (Å²) in [5.74, 6) is 0.697. The summed E-state index contributed by atoms with van der Waals surface area (Å²) in [6.45, 7) is 1.17. The van der Waals surface area contributed by atoms with Crippen LogP contribution >= 0.6 is 0 Å². The summed E-state index contributed by atoms with van der Waals surface area (Å²) in [6, 6.07) is 11.5. The third kappa shape index (κ3) is 3.54. The van der Waals surface area contributed by atoms with Gasteiger partial charge in [0.2, 0.25) is 0 Å². The zero-order chi connectivity index (χ0) is 14.2. The van der Waals surface area contributed by atoms with Crippen molar-refractivity contribution in [2.75, 3.05) is 11.4 Å². The molecule has 0 bridgehead atoms. The largest absolute Gasteiger partial charge is 0.351 e. The summed E-state index contributed by atoms with van der Waals surface area (Å²) < 4.78 is 0. The lowest BCUT2D eigenvalue weighted by molar-refractivity contribution is 0.780. The van der Waals surface area contributed by atoms with E-state index in [1.165, 1.54) is 0 Å². The van der Waals surface area contributed by atoms with Crippen LogP contribution in [0.15, 0.2) is 42.9 Å². The number of rotatable bonds is 5. The van der Waals surface area contributed by atoms with Crippen LogP contribution in [0.2, 0.25) is 0 Å². The lowest BCUT2D eigenvalue weighted by Crippen LogP contribution is -2.24. The molecule has 0 saturated heterocycles. The zero-order valence-electron chi connectivity index (χ0n) is 10.9. The Balaban J connectivity index is 2.23. The van der Waals surface area contributed by atoms with Crippen LogP contribution in [0.1, 0.15) is 17.5 Å². The molecule has 0 aromatic carbocycles. The molecule has 0 radical (unpaired) electrons. The molecule has 0 atom stereocenters. The van der Waals surface area contributed by atoms with Crippen molar-refractivity contribution in [1.82, 2.24) is 9.97 Å². The van der Waals surface area contributed by atoms with Gasteiger partial charge in [-0.05, 0) is 23.8 Å². The summed E-state index contributed by atoms with van der Waals surface area (Å²) in [5, 5.41) is 17.7. The number of hydrogen-bond donors (Lipinski definition) is 0. The standard InChI is InChI=1S/C15H13N5/c16-5-2-8-20(12-14-3-1-6-18-11-14)15-9-13(10-17)4-7-19-15/h1,3-4,6-7,9,11H,2,8,12H2. The molecule has 0 fully saturated rings. The van der Waals surface area contributed by atoms with Crippen molar-refractivity contribution in [2.45, 2.75) is 13.0 Å². The van der Waals surface area contributed by atoms with E-state index in [1.54, 1.807) is 30.7 Å². The molecular weight excluding hydrogens is 250 g/mol. The Bertz CT molecular complexity index is 639. The van der Waals surface area contributed by atoms with Gasteiger partial charge in [-0.2, -0.15) is 10.5 Å². The molecule has 2 heterocycles. The third-order valence-corrected chi connectivity index (χ3v) is 2.79. The number of pyridine rings is 2. The number of nitriles is 2. The van der Waals surface area contributed by atoms with Gasteiger partial charge in [-0.25, -0.2) is 4.98 Å². The quantitative estimate of drug-likeness (QED) is 0.827. The minimum absolute atomic E-state index is 0.402. The first-order valence-electron chi connectivity index (χ1n) is 6.20. The first-order valence-corrected chi connectivity index (χ1v) is 6.20. The van der Waals surface area contributed by atoms with E-state index in [4.69, 9.17) is 10.5 Å². The SMILES string of the molecule is N#CCCN(Cc1cccnc1)c1cc(C#N)ccn1. The summed E-state index contributed by atoms with van der Waals surface area (Å²) in [6.07, 6.45) is 5.51. The molecule has 0 saturated carbocycles. The Morgan fingerprint density at radius 2 is 2.10 bits per heavy atom. The van der Waals surface area contributed by atoms with Gasteiger partial charge in [-0.1, -0.05) is 6.07 Å². The lowest BCUT2D eigenvalue weighted by atomic mass is 10.2. The molecule has 0 N–H and O–H groups in total. The average molecular weight is 263 g/mol. The second-order valence-electron chi connectivity index (χ2n) is 4.21.